The van der Waals surface area contributed by atoms with Crippen molar-refractivity contribution in [2.75, 3.05) is 6.61 Å². The van der Waals surface area contributed by atoms with Gasteiger partial charge in [0.05, 0.1) is 5.71 Å². The fourth-order valence-corrected chi connectivity index (χ4v) is 1.05. The quantitative estimate of drug-likeness (QED) is 0.538. The van der Waals surface area contributed by atoms with Gasteiger partial charge in [0.1, 0.15) is 6.61 Å². The highest BCUT2D eigenvalue weighted by Crippen LogP contribution is 2.13. The first-order chi connectivity index (χ1) is 4.93. The van der Waals surface area contributed by atoms with Gasteiger partial charge in [-0.25, -0.2) is 0 Å². The van der Waals surface area contributed by atoms with Crippen LogP contribution in [-0.2, 0) is 4.84 Å². The van der Waals surface area contributed by atoms with E-state index in [1.165, 1.54) is 18.6 Å². The maximum Gasteiger partial charge on any atom is 0.114 e. The van der Waals surface area contributed by atoms with E-state index in [0.717, 1.165) is 12.8 Å². The summed E-state index contributed by atoms with van der Waals surface area (Å²) in [7, 11) is 0. The van der Waals surface area contributed by atoms with Crippen LogP contribution in [0.1, 0.15) is 32.6 Å². The largest absolute Gasteiger partial charge is 0.396 e. The molecule has 0 aromatic rings. The van der Waals surface area contributed by atoms with Crippen molar-refractivity contribution in [1.82, 2.24) is 0 Å². The van der Waals surface area contributed by atoms with Gasteiger partial charge in [0.25, 0.3) is 0 Å². The van der Waals surface area contributed by atoms with Gasteiger partial charge >= 0.3 is 0 Å². The van der Waals surface area contributed by atoms with Gasteiger partial charge in [-0.1, -0.05) is 5.16 Å². The Bertz CT molecular complexity index is 112. The molecule has 1 aliphatic rings. The van der Waals surface area contributed by atoms with E-state index in [-0.39, 0.29) is 0 Å². The number of hydrogen-bond donors (Lipinski definition) is 0. The first kappa shape index (κ1) is 7.58. The molecule has 0 unspecified atom stereocenters. The lowest BCUT2D eigenvalue weighted by Gasteiger charge is -2.10. The van der Waals surface area contributed by atoms with E-state index in [0.29, 0.717) is 6.61 Å². The van der Waals surface area contributed by atoms with Crippen LogP contribution in [0.4, 0.5) is 0 Å². The molecule has 10 heavy (non-hydrogen) atoms. The average Bonchev–Trinajstić information content (AvgIpc) is 2.03. The van der Waals surface area contributed by atoms with Crippen molar-refractivity contribution in [3.05, 3.63) is 6.42 Å². The molecule has 0 bridgehead atoms. The van der Waals surface area contributed by atoms with E-state index in [2.05, 4.69) is 11.6 Å². The summed E-state index contributed by atoms with van der Waals surface area (Å²) in [5.41, 5.74) is 1.23. The molecule has 0 N–H and O–H groups in total. The lowest BCUT2D eigenvalue weighted by molar-refractivity contribution is 0.157. The van der Waals surface area contributed by atoms with Crippen molar-refractivity contribution >= 4 is 5.71 Å². The summed E-state index contributed by atoms with van der Waals surface area (Å²) in [6.45, 7) is 2.65. The van der Waals surface area contributed by atoms with Crippen LogP contribution >= 0.6 is 0 Å². The minimum Gasteiger partial charge on any atom is -0.396 e. The molecule has 0 aliphatic heterocycles. The van der Waals surface area contributed by atoms with E-state index < -0.39 is 0 Å². The molecule has 0 heterocycles. The number of hydrogen-bond acceptors (Lipinski definition) is 2. The summed E-state index contributed by atoms with van der Waals surface area (Å²) in [6, 6.07) is 0. The molecule has 0 aromatic carbocycles. The zero-order valence-electron chi connectivity index (χ0n) is 6.47. The molecule has 2 heteroatoms. The van der Waals surface area contributed by atoms with Gasteiger partial charge in [-0.2, -0.15) is 0 Å². The van der Waals surface area contributed by atoms with Crippen molar-refractivity contribution in [1.29, 1.82) is 0 Å². The van der Waals surface area contributed by atoms with Gasteiger partial charge in [0.15, 0.2) is 0 Å². The zero-order chi connectivity index (χ0) is 7.23. The molecule has 57 valence electrons. The van der Waals surface area contributed by atoms with E-state index in [4.69, 9.17) is 4.84 Å². The third-order valence-corrected chi connectivity index (χ3v) is 1.60. The van der Waals surface area contributed by atoms with Crippen LogP contribution in [0.15, 0.2) is 5.16 Å². The highest BCUT2D eigenvalue weighted by molar-refractivity contribution is 5.84. The fourth-order valence-electron chi connectivity index (χ4n) is 1.05. The fraction of sp³-hybridized carbons (Fsp3) is 0.750. The predicted octanol–water partition coefficient (Wildman–Crippen LogP) is 2.16. The maximum atomic E-state index is 4.95. The topological polar surface area (TPSA) is 21.6 Å². The molecule has 1 rings (SSSR count). The highest BCUT2D eigenvalue weighted by atomic mass is 16.6. The molecule has 0 aromatic heterocycles. The van der Waals surface area contributed by atoms with Crippen LogP contribution in [0.2, 0.25) is 0 Å². The van der Waals surface area contributed by atoms with E-state index in [1.54, 1.807) is 0 Å². The van der Waals surface area contributed by atoms with Gasteiger partial charge in [-0.3, -0.25) is 0 Å². The van der Waals surface area contributed by atoms with Crippen molar-refractivity contribution in [3.8, 4) is 0 Å². The van der Waals surface area contributed by atoms with E-state index in [1.807, 2.05) is 6.92 Å². The van der Waals surface area contributed by atoms with Crippen molar-refractivity contribution in [3.63, 3.8) is 0 Å². The van der Waals surface area contributed by atoms with E-state index in [9.17, 15) is 0 Å². The summed E-state index contributed by atoms with van der Waals surface area (Å²) in [4.78, 5) is 4.95. The third-order valence-electron chi connectivity index (χ3n) is 1.60. The van der Waals surface area contributed by atoms with Crippen molar-refractivity contribution in [2.24, 2.45) is 5.16 Å². The Morgan fingerprint density at radius 1 is 1.50 bits per heavy atom. The molecule has 0 saturated heterocycles. The predicted molar refractivity (Wildman–Crippen MR) is 41.8 cm³/mol. The minimum absolute atomic E-state index is 0.688. The molecule has 0 amide bonds. The average molecular weight is 140 g/mol. The van der Waals surface area contributed by atoms with Crippen LogP contribution in [0.25, 0.3) is 0 Å². The van der Waals surface area contributed by atoms with Gasteiger partial charge < -0.3 is 4.84 Å². The van der Waals surface area contributed by atoms with Gasteiger partial charge in [-0.05, 0) is 39.0 Å². The van der Waals surface area contributed by atoms with Gasteiger partial charge in [0.2, 0.25) is 0 Å². The second kappa shape index (κ2) is 4.31. The molecule has 1 radical (unpaired) electrons. The lowest BCUT2D eigenvalue weighted by Crippen LogP contribution is -2.05. The lowest BCUT2D eigenvalue weighted by atomic mass is 9.99. The Morgan fingerprint density at radius 3 is 2.80 bits per heavy atom. The normalized spacial score (nSPS) is 18.7. The smallest absolute Gasteiger partial charge is 0.114 e. The highest BCUT2D eigenvalue weighted by Gasteiger charge is 2.06. The summed E-state index contributed by atoms with van der Waals surface area (Å²) >= 11 is 0. The Hall–Kier alpha value is -0.530. The summed E-state index contributed by atoms with van der Waals surface area (Å²) in [6.07, 6.45) is 6.85. The van der Waals surface area contributed by atoms with Gasteiger partial charge in [0, 0.05) is 0 Å². The number of oxime groups is 1. The second-order valence-corrected chi connectivity index (χ2v) is 2.44. The van der Waals surface area contributed by atoms with Crippen LogP contribution in [0.5, 0.6) is 0 Å². The Balaban J connectivity index is 2.23. The summed E-state index contributed by atoms with van der Waals surface area (Å²) in [5, 5.41) is 4.00. The van der Waals surface area contributed by atoms with Gasteiger partial charge in [-0.15, -0.1) is 0 Å². The van der Waals surface area contributed by atoms with Crippen LogP contribution in [0, 0.1) is 6.42 Å². The standard InChI is InChI=1S/C8H14NO/c1-2-10-9-8-6-4-3-5-7-8/h3H,2,4-7H2,1H3. The molecule has 2 nitrogen and oxygen atoms in total. The number of rotatable bonds is 2. The Kier molecular flexibility index (Phi) is 3.27. The molecule has 0 spiro atoms. The molecule has 1 aliphatic carbocycles. The Morgan fingerprint density at radius 2 is 2.20 bits per heavy atom. The Labute approximate surface area is 62.3 Å². The summed E-state index contributed by atoms with van der Waals surface area (Å²) in [5.74, 6) is 0. The van der Waals surface area contributed by atoms with Crippen molar-refractivity contribution in [2.45, 2.75) is 32.6 Å². The van der Waals surface area contributed by atoms with Crippen LogP contribution < -0.4 is 0 Å². The first-order valence-corrected chi connectivity index (χ1v) is 3.93. The monoisotopic (exact) mass is 140 g/mol. The van der Waals surface area contributed by atoms with Crippen molar-refractivity contribution < 1.29 is 4.84 Å². The molecular formula is C8H14NO. The molecule has 1 saturated carbocycles. The number of nitrogens with zero attached hydrogens (tertiary/aromatic N) is 1. The molecular weight excluding hydrogens is 126 g/mol. The first-order valence-electron chi connectivity index (χ1n) is 3.93. The third kappa shape index (κ3) is 2.38. The zero-order valence-corrected chi connectivity index (χ0v) is 6.47. The van der Waals surface area contributed by atoms with Crippen LogP contribution in [-0.4, -0.2) is 12.3 Å². The van der Waals surface area contributed by atoms with E-state index >= 15 is 0 Å². The minimum atomic E-state index is 0.688. The van der Waals surface area contributed by atoms with Crippen LogP contribution in [0.3, 0.4) is 0 Å². The summed E-state index contributed by atoms with van der Waals surface area (Å²) < 4.78 is 0. The molecule has 1 fully saturated rings. The second-order valence-electron chi connectivity index (χ2n) is 2.44. The SMILES string of the molecule is CCON=C1CC[CH]CC1. The maximum absolute atomic E-state index is 4.95. The molecule has 0 atom stereocenters.